The van der Waals surface area contributed by atoms with Crippen LogP contribution in [0.1, 0.15) is 104 Å². The average molecular weight is 556 g/mol. The van der Waals surface area contributed by atoms with E-state index in [2.05, 4.69) is 49.9 Å². The van der Waals surface area contributed by atoms with Crippen molar-refractivity contribution < 1.29 is 14.2 Å². The normalized spacial score (nSPS) is 11.6. The van der Waals surface area contributed by atoms with E-state index in [-0.39, 0.29) is 6.10 Å². The zero-order valence-corrected chi connectivity index (χ0v) is 25.5. The molecule has 0 bridgehead atoms. The Labute approximate surface area is 248 Å². The van der Waals surface area contributed by atoms with Gasteiger partial charge in [0.15, 0.2) is 0 Å². The number of hydrogen-bond donors (Lipinski definition) is 0. The molecule has 0 saturated carbocycles. The second-order valence-electron chi connectivity index (χ2n) is 11.0. The Morgan fingerprint density at radius 3 is 1.78 bits per heavy atom. The van der Waals surface area contributed by atoms with Crippen LogP contribution in [-0.2, 0) is 0 Å². The number of rotatable bonds is 20. The number of benzene rings is 3. The molecule has 0 radical (unpaired) electrons. The molecule has 0 aliphatic heterocycles. The fourth-order valence-corrected chi connectivity index (χ4v) is 4.90. The summed E-state index contributed by atoms with van der Waals surface area (Å²) in [6.45, 7) is 14.9. The van der Waals surface area contributed by atoms with Gasteiger partial charge in [-0.1, -0.05) is 102 Å². The van der Waals surface area contributed by atoms with E-state index in [1.54, 1.807) is 6.07 Å². The molecule has 0 aliphatic carbocycles. The van der Waals surface area contributed by atoms with E-state index in [1.165, 1.54) is 64.2 Å². The second kappa shape index (κ2) is 18.8. The SMILES string of the molecule is [C-]#[N+]c1cc(Oc2ccc(-c3ccc(OCCCCCCCCCC)cc3)cc2)ccc1OC(C)CCCCCC. The minimum atomic E-state index is 0.0854. The maximum atomic E-state index is 7.61. The maximum absolute atomic E-state index is 7.61. The highest BCUT2D eigenvalue weighted by Gasteiger charge is 2.11. The van der Waals surface area contributed by atoms with E-state index < -0.39 is 0 Å². The van der Waals surface area contributed by atoms with Crippen molar-refractivity contribution in [1.29, 1.82) is 0 Å². The third-order valence-electron chi connectivity index (χ3n) is 7.39. The number of hydrogen-bond acceptors (Lipinski definition) is 3. The molecule has 0 fully saturated rings. The first-order valence-corrected chi connectivity index (χ1v) is 15.8. The van der Waals surface area contributed by atoms with Gasteiger partial charge in [-0.2, -0.15) is 0 Å². The van der Waals surface area contributed by atoms with E-state index in [0.717, 1.165) is 48.5 Å². The summed E-state index contributed by atoms with van der Waals surface area (Å²) in [5.41, 5.74) is 2.73. The van der Waals surface area contributed by atoms with Crippen LogP contribution in [0.25, 0.3) is 16.0 Å². The first-order chi connectivity index (χ1) is 20.1. The summed E-state index contributed by atoms with van der Waals surface area (Å²) in [6.07, 6.45) is 16.4. The van der Waals surface area contributed by atoms with Crippen LogP contribution in [-0.4, -0.2) is 12.7 Å². The smallest absolute Gasteiger partial charge is 0.231 e. The van der Waals surface area contributed by atoms with Crippen LogP contribution in [0.3, 0.4) is 0 Å². The van der Waals surface area contributed by atoms with Crippen molar-refractivity contribution in [2.75, 3.05) is 6.61 Å². The van der Waals surface area contributed by atoms with Gasteiger partial charge in [0.25, 0.3) is 0 Å². The van der Waals surface area contributed by atoms with Crippen LogP contribution in [0.4, 0.5) is 5.69 Å². The number of unbranched alkanes of at least 4 members (excludes halogenated alkanes) is 10. The van der Waals surface area contributed by atoms with Crippen molar-refractivity contribution in [2.45, 2.75) is 110 Å². The molecule has 1 unspecified atom stereocenters. The molecule has 4 nitrogen and oxygen atoms in total. The highest BCUT2D eigenvalue weighted by atomic mass is 16.5. The van der Waals surface area contributed by atoms with Gasteiger partial charge in [-0.15, -0.1) is 0 Å². The van der Waals surface area contributed by atoms with Crippen molar-refractivity contribution in [3.8, 4) is 34.1 Å². The summed E-state index contributed by atoms with van der Waals surface area (Å²) >= 11 is 0. The van der Waals surface area contributed by atoms with Crippen LogP contribution in [0.2, 0.25) is 0 Å². The van der Waals surface area contributed by atoms with Gasteiger partial charge < -0.3 is 14.2 Å². The molecule has 0 aliphatic rings. The molecule has 0 N–H and O–H groups in total. The fraction of sp³-hybridized carbons (Fsp3) is 0.486. The highest BCUT2D eigenvalue weighted by molar-refractivity contribution is 5.65. The molecule has 3 aromatic carbocycles. The summed E-state index contributed by atoms with van der Waals surface area (Å²) in [4.78, 5) is 3.68. The molecule has 0 heterocycles. The quantitative estimate of drug-likeness (QED) is 0.103. The predicted molar refractivity (Wildman–Crippen MR) is 172 cm³/mol. The van der Waals surface area contributed by atoms with Crippen LogP contribution in [0.15, 0.2) is 66.7 Å². The summed E-state index contributed by atoms with van der Waals surface area (Å²) in [5.74, 6) is 2.90. The Kier molecular flexibility index (Phi) is 14.7. The minimum absolute atomic E-state index is 0.0854. The van der Waals surface area contributed by atoms with E-state index in [1.807, 2.05) is 36.4 Å². The molecular formula is C37H49NO3. The van der Waals surface area contributed by atoms with Crippen molar-refractivity contribution in [2.24, 2.45) is 0 Å². The summed E-state index contributed by atoms with van der Waals surface area (Å²) in [7, 11) is 0. The van der Waals surface area contributed by atoms with Gasteiger partial charge >= 0.3 is 0 Å². The largest absolute Gasteiger partial charge is 0.502 e. The van der Waals surface area contributed by atoms with Crippen molar-refractivity contribution in [3.63, 3.8) is 0 Å². The Balaban J connectivity index is 1.45. The van der Waals surface area contributed by atoms with E-state index in [0.29, 0.717) is 17.2 Å². The van der Waals surface area contributed by atoms with Crippen LogP contribution in [0, 0.1) is 6.57 Å². The lowest BCUT2D eigenvalue weighted by Gasteiger charge is -2.16. The lowest BCUT2D eigenvalue weighted by molar-refractivity contribution is 0.207. The summed E-state index contributed by atoms with van der Waals surface area (Å²) in [6, 6.07) is 21.8. The average Bonchev–Trinajstić information content (AvgIpc) is 3.00. The molecular weight excluding hydrogens is 506 g/mol. The summed E-state index contributed by atoms with van der Waals surface area (Å²) < 4.78 is 18.1. The zero-order valence-electron chi connectivity index (χ0n) is 25.5. The van der Waals surface area contributed by atoms with Gasteiger partial charge in [-0.3, -0.25) is 0 Å². The van der Waals surface area contributed by atoms with Gasteiger partial charge in [-0.05, 0) is 79.8 Å². The number of ether oxygens (including phenoxy) is 3. The van der Waals surface area contributed by atoms with Crippen LogP contribution < -0.4 is 14.2 Å². The lowest BCUT2D eigenvalue weighted by atomic mass is 10.1. The Morgan fingerprint density at radius 1 is 0.634 bits per heavy atom. The van der Waals surface area contributed by atoms with Crippen LogP contribution >= 0.6 is 0 Å². The topological polar surface area (TPSA) is 32.0 Å². The molecule has 4 heteroatoms. The van der Waals surface area contributed by atoms with Crippen molar-refractivity contribution >= 4 is 5.69 Å². The first kappa shape index (κ1) is 32.1. The predicted octanol–water partition coefficient (Wildman–Crippen LogP) is 12.0. The Hall–Kier alpha value is -3.45. The molecule has 3 rings (SSSR count). The second-order valence-corrected chi connectivity index (χ2v) is 11.0. The Morgan fingerprint density at radius 2 is 1.17 bits per heavy atom. The summed E-state index contributed by atoms with van der Waals surface area (Å²) in [5, 5.41) is 0. The highest BCUT2D eigenvalue weighted by Crippen LogP contribution is 2.35. The monoisotopic (exact) mass is 555 g/mol. The van der Waals surface area contributed by atoms with Gasteiger partial charge in [-0.25, -0.2) is 4.85 Å². The molecule has 41 heavy (non-hydrogen) atoms. The molecule has 0 saturated heterocycles. The van der Waals surface area contributed by atoms with E-state index in [9.17, 15) is 0 Å². The van der Waals surface area contributed by atoms with Gasteiger partial charge in [0.1, 0.15) is 23.0 Å². The molecule has 220 valence electrons. The molecule has 0 spiro atoms. The van der Waals surface area contributed by atoms with Crippen LogP contribution in [0.5, 0.6) is 23.0 Å². The van der Waals surface area contributed by atoms with Gasteiger partial charge in [0.05, 0.1) is 19.3 Å². The molecule has 1 atom stereocenters. The zero-order chi connectivity index (χ0) is 29.1. The minimum Gasteiger partial charge on any atom is -0.502 e. The third-order valence-corrected chi connectivity index (χ3v) is 7.39. The van der Waals surface area contributed by atoms with Crippen molar-refractivity contribution in [3.05, 3.63) is 78.1 Å². The maximum Gasteiger partial charge on any atom is 0.231 e. The molecule has 3 aromatic rings. The first-order valence-electron chi connectivity index (χ1n) is 15.8. The fourth-order valence-electron chi connectivity index (χ4n) is 4.90. The van der Waals surface area contributed by atoms with Gasteiger partial charge in [0, 0.05) is 0 Å². The molecule has 0 aromatic heterocycles. The van der Waals surface area contributed by atoms with E-state index in [4.69, 9.17) is 20.8 Å². The lowest BCUT2D eigenvalue weighted by Crippen LogP contribution is -2.11. The van der Waals surface area contributed by atoms with E-state index >= 15 is 0 Å². The van der Waals surface area contributed by atoms with Crippen molar-refractivity contribution in [1.82, 2.24) is 0 Å². The Bertz CT molecular complexity index is 1160. The number of nitrogens with zero attached hydrogens (tertiary/aromatic N) is 1. The standard InChI is InChI=1S/C37H49NO3/c1-5-7-9-11-12-13-14-16-28-39-33-22-18-31(19-23-33)32-20-24-34(25-21-32)41-35-26-27-37(36(29-35)38-4)40-30(3)17-15-10-8-6-2/h18-27,29-30H,5-17,28H2,1-3H3. The van der Waals surface area contributed by atoms with Gasteiger partial charge in [0.2, 0.25) is 5.69 Å². The molecule has 0 amide bonds. The third kappa shape index (κ3) is 11.9.